The van der Waals surface area contributed by atoms with E-state index in [9.17, 15) is 15.2 Å². The molecule has 0 aliphatic heterocycles. The molecule has 0 amide bonds. The Labute approximate surface area is 114 Å². The number of nitro groups is 1. The zero-order chi connectivity index (χ0) is 13.8. The van der Waals surface area contributed by atoms with Gasteiger partial charge in [-0.25, -0.2) is 0 Å². The minimum absolute atomic E-state index is 0.0581. The molecule has 0 radical (unpaired) electrons. The molecule has 98 valence electrons. The van der Waals surface area contributed by atoms with Crippen molar-refractivity contribution in [2.24, 2.45) is 0 Å². The van der Waals surface area contributed by atoms with Crippen molar-refractivity contribution in [1.29, 1.82) is 0 Å². The molecule has 2 aromatic rings. The summed E-state index contributed by atoms with van der Waals surface area (Å²) in [5, 5.41) is 20.2. The first-order valence-electron chi connectivity index (χ1n) is 5.53. The predicted octanol–water partition coefficient (Wildman–Crippen LogP) is 3.73. The number of aromatic hydroxyl groups is 1. The second-order valence-corrected chi connectivity index (χ2v) is 4.86. The van der Waals surface area contributed by atoms with Gasteiger partial charge in [0.1, 0.15) is 5.75 Å². The van der Waals surface area contributed by atoms with Crippen LogP contribution in [0.25, 0.3) is 0 Å². The molecule has 2 rings (SSSR count). The maximum absolute atomic E-state index is 10.5. The third kappa shape index (κ3) is 3.38. The molecule has 0 bridgehead atoms. The van der Waals surface area contributed by atoms with E-state index in [4.69, 9.17) is 0 Å². The second kappa shape index (κ2) is 5.62. The average molecular weight is 276 g/mol. The van der Waals surface area contributed by atoms with Gasteiger partial charge in [-0.05, 0) is 48.7 Å². The highest BCUT2D eigenvalue weighted by atomic mass is 32.2. The van der Waals surface area contributed by atoms with Crippen molar-refractivity contribution in [2.45, 2.75) is 11.8 Å². The van der Waals surface area contributed by atoms with E-state index in [1.54, 1.807) is 18.2 Å². The van der Waals surface area contributed by atoms with Crippen LogP contribution in [0, 0.1) is 17.0 Å². The average Bonchev–Trinajstić information content (AvgIpc) is 2.40. The maximum Gasteiger partial charge on any atom is 0.269 e. The molecule has 6 heteroatoms. The summed E-state index contributed by atoms with van der Waals surface area (Å²) in [4.78, 5) is 10.9. The number of rotatable bonds is 4. The molecule has 0 unspecified atom stereocenters. The van der Waals surface area contributed by atoms with Gasteiger partial charge < -0.3 is 9.83 Å². The lowest BCUT2D eigenvalue weighted by Gasteiger charge is -2.08. The van der Waals surface area contributed by atoms with Crippen LogP contribution in [0.4, 0.5) is 11.4 Å². The van der Waals surface area contributed by atoms with E-state index >= 15 is 0 Å². The maximum atomic E-state index is 10.5. The molecule has 0 aliphatic rings. The number of aryl methyl sites for hydroxylation is 1. The van der Waals surface area contributed by atoms with Crippen LogP contribution >= 0.6 is 11.9 Å². The molecule has 0 saturated heterocycles. The number of anilines is 1. The largest absolute Gasteiger partial charge is 0.506 e. The fourth-order valence-corrected chi connectivity index (χ4v) is 2.14. The topological polar surface area (TPSA) is 75.4 Å². The summed E-state index contributed by atoms with van der Waals surface area (Å²) in [6.07, 6.45) is 0. The van der Waals surface area contributed by atoms with Gasteiger partial charge in [0.05, 0.1) is 10.6 Å². The Bertz CT molecular complexity index is 599. The molecule has 0 fully saturated rings. The molecule has 5 nitrogen and oxygen atoms in total. The minimum Gasteiger partial charge on any atom is -0.506 e. The lowest BCUT2D eigenvalue weighted by Crippen LogP contribution is -1.90. The number of benzene rings is 2. The van der Waals surface area contributed by atoms with Gasteiger partial charge in [0.25, 0.3) is 5.69 Å². The Balaban J connectivity index is 2.06. The van der Waals surface area contributed by atoms with E-state index in [2.05, 4.69) is 4.72 Å². The highest BCUT2D eigenvalue weighted by Gasteiger charge is 2.05. The van der Waals surface area contributed by atoms with Crippen molar-refractivity contribution in [3.63, 3.8) is 0 Å². The Morgan fingerprint density at radius 2 is 1.89 bits per heavy atom. The van der Waals surface area contributed by atoms with Crippen LogP contribution in [0.1, 0.15) is 5.56 Å². The predicted molar refractivity (Wildman–Crippen MR) is 75.4 cm³/mol. The first kappa shape index (κ1) is 13.2. The smallest absolute Gasteiger partial charge is 0.269 e. The van der Waals surface area contributed by atoms with Gasteiger partial charge in [-0.1, -0.05) is 6.07 Å². The number of phenolic OH excluding ortho intramolecular Hbond substituents is 1. The molecular formula is C13H12N2O3S. The van der Waals surface area contributed by atoms with Gasteiger partial charge in [-0.15, -0.1) is 0 Å². The van der Waals surface area contributed by atoms with Crippen LogP contribution in [0.15, 0.2) is 47.4 Å². The lowest BCUT2D eigenvalue weighted by molar-refractivity contribution is -0.384. The number of nitrogens with one attached hydrogen (secondary N) is 1. The fourth-order valence-electron chi connectivity index (χ4n) is 1.48. The molecular weight excluding hydrogens is 264 g/mol. The highest BCUT2D eigenvalue weighted by Crippen LogP contribution is 2.29. The minimum atomic E-state index is -0.436. The summed E-state index contributed by atoms with van der Waals surface area (Å²) < 4.78 is 3.02. The normalized spacial score (nSPS) is 10.2. The first-order chi connectivity index (χ1) is 9.06. The van der Waals surface area contributed by atoms with Gasteiger partial charge >= 0.3 is 0 Å². The molecule has 0 saturated carbocycles. The van der Waals surface area contributed by atoms with Crippen LogP contribution < -0.4 is 4.72 Å². The monoisotopic (exact) mass is 276 g/mol. The first-order valence-corrected chi connectivity index (χ1v) is 6.35. The summed E-state index contributed by atoms with van der Waals surface area (Å²) in [6.45, 7) is 1.93. The van der Waals surface area contributed by atoms with E-state index in [0.29, 0.717) is 5.69 Å². The molecule has 0 atom stereocenters. The summed E-state index contributed by atoms with van der Waals surface area (Å²) in [6, 6.07) is 11.5. The molecule has 0 heterocycles. The number of hydrogen-bond donors (Lipinski definition) is 2. The zero-order valence-electron chi connectivity index (χ0n) is 10.2. The Kier molecular flexibility index (Phi) is 3.91. The Hall–Kier alpha value is -2.21. The van der Waals surface area contributed by atoms with E-state index in [1.165, 1.54) is 24.1 Å². The van der Waals surface area contributed by atoms with Crippen LogP contribution in [0.5, 0.6) is 5.75 Å². The van der Waals surface area contributed by atoms with Gasteiger partial charge in [0, 0.05) is 17.0 Å². The lowest BCUT2D eigenvalue weighted by atomic mass is 10.2. The number of nitro benzene ring substituents is 1. The third-order valence-corrected chi connectivity index (χ3v) is 3.31. The molecule has 0 aromatic heterocycles. The van der Waals surface area contributed by atoms with Crippen molar-refractivity contribution >= 4 is 23.3 Å². The number of phenols is 1. The van der Waals surface area contributed by atoms with Crippen molar-refractivity contribution in [2.75, 3.05) is 4.72 Å². The standard InChI is InChI=1S/C13H12N2O3S/c1-9-2-7-13(16)12(8-9)14-19-11-5-3-10(4-6-11)15(17)18/h2-8,14,16H,1H3. The van der Waals surface area contributed by atoms with Gasteiger partial charge in [0.15, 0.2) is 0 Å². The summed E-state index contributed by atoms with van der Waals surface area (Å²) in [5.74, 6) is 0.167. The molecule has 2 N–H and O–H groups in total. The van der Waals surface area contributed by atoms with Crippen LogP contribution in [0.2, 0.25) is 0 Å². The van der Waals surface area contributed by atoms with E-state index in [1.807, 2.05) is 19.1 Å². The summed E-state index contributed by atoms with van der Waals surface area (Å²) >= 11 is 1.28. The van der Waals surface area contributed by atoms with Crippen LogP contribution in [0.3, 0.4) is 0 Å². The van der Waals surface area contributed by atoms with Crippen molar-refractivity contribution in [3.05, 3.63) is 58.1 Å². The van der Waals surface area contributed by atoms with E-state index < -0.39 is 4.92 Å². The zero-order valence-corrected chi connectivity index (χ0v) is 11.0. The molecule has 19 heavy (non-hydrogen) atoms. The SMILES string of the molecule is Cc1ccc(O)c(NSc2ccc([N+](=O)[O-])cc2)c1. The van der Waals surface area contributed by atoms with Crippen molar-refractivity contribution < 1.29 is 10.0 Å². The van der Waals surface area contributed by atoms with E-state index in [-0.39, 0.29) is 11.4 Å². The van der Waals surface area contributed by atoms with Crippen molar-refractivity contribution in [1.82, 2.24) is 0 Å². The van der Waals surface area contributed by atoms with Gasteiger partial charge in [0.2, 0.25) is 0 Å². The van der Waals surface area contributed by atoms with Crippen LogP contribution in [-0.4, -0.2) is 10.0 Å². The highest BCUT2D eigenvalue weighted by molar-refractivity contribution is 8.00. The van der Waals surface area contributed by atoms with Crippen LogP contribution in [-0.2, 0) is 0 Å². The van der Waals surface area contributed by atoms with Crippen molar-refractivity contribution in [3.8, 4) is 5.75 Å². The van der Waals surface area contributed by atoms with E-state index in [0.717, 1.165) is 10.5 Å². The molecule has 2 aromatic carbocycles. The van der Waals surface area contributed by atoms with Gasteiger partial charge in [-0.2, -0.15) is 0 Å². The molecule has 0 aliphatic carbocycles. The number of non-ortho nitro benzene ring substituents is 1. The Morgan fingerprint density at radius 3 is 2.53 bits per heavy atom. The number of nitrogens with zero attached hydrogens (tertiary/aromatic N) is 1. The third-order valence-electron chi connectivity index (χ3n) is 2.48. The van der Waals surface area contributed by atoms with Gasteiger partial charge in [-0.3, -0.25) is 10.1 Å². The summed E-state index contributed by atoms with van der Waals surface area (Å²) in [7, 11) is 0. The second-order valence-electron chi connectivity index (χ2n) is 3.98. The number of hydrogen-bond acceptors (Lipinski definition) is 5. The fraction of sp³-hybridized carbons (Fsp3) is 0.0769. The summed E-state index contributed by atoms with van der Waals surface area (Å²) in [5.41, 5.74) is 1.70. The Morgan fingerprint density at radius 1 is 1.21 bits per heavy atom. The quantitative estimate of drug-likeness (QED) is 0.385. The molecule has 0 spiro atoms.